The Hall–Kier alpha value is -0.750. The Morgan fingerprint density at radius 1 is 1.45 bits per heavy atom. The molecule has 1 aromatic rings. The molecular weight excluding hydrogens is 292 g/mol. The van der Waals surface area contributed by atoms with Crippen molar-refractivity contribution in [3.63, 3.8) is 0 Å². The highest BCUT2D eigenvalue weighted by molar-refractivity contribution is 8.00. The van der Waals surface area contributed by atoms with Gasteiger partial charge in [0.25, 0.3) is 0 Å². The topological polar surface area (TPSA) is 51.2 Å². The Labute approximate surface area is 129 Å². The molecule has 6 heteroatoms. The number of ether oxygens (including phenoxy) is 1. The zero-order valence-electron chi connectivity index (χ0n) is 12.7. The lowest BCUT2D eigenvalue weighted by atomic mass is 10.0. The summed E-state index contributed by atoms with van der Waals surface area (Å²) < 4.78 is 5.18. The summed E-state index contributed by atoms with van der Waals surface area (Å²) in [6.45, 7) is 7.56. The summed E-state index contributed by atoms with van der Waals surface area (Å²) >= 11 is 3.44. The third-order valence-electron chi connectivity index (χ3n) is 3.47. The normalized spacial score (nSPS) is 11.4. The van der Waals surface area contributed by atoms with Crippen molar-refractivity contribution in [2.75, 3.05) is 24.7 Å². The summed E-state index contributed by atoms with van der Waals surface area (Å²) in [6.07, 6.45) is 4.65. The third kappa shape index (κ3) is 4.98. The van der Waals surface area contributed by atoms with Crippen LogP contribution in [0.4, 0.5) is 5.13 Å². The molecular formula is C14H24N2O2S2. The smallest absolute Gasteiger partial charge is 0.311 e. The Balaban J connectivity index is 2.53. The van der Waals surface area contributed by atoms with Crippen LogP contribution in [0.25, 0.3) is 0 Å². The van der Waals surface area contributed by atoms with Crippen LogP contribution in [-0.2, 0) is 16.0 Å². The first-order valence-corrected chi connectivity index (χ1v) is 9.08. The van der Waals surface area contributed by atoms with Gasteiger partial charge in [-0.3, -0.25) is 4.79 Å². The van der Waals surface area contributed by atoms with Gasteiger partial charge in [0.1, 0.15) is 0 Å². The molecule has 20 heavy (non-hydrogen) atoms. The van der Waals surface area contributed by atoms with Crippen molar-refractivity contribution in [3.05, 3.63) is 11.1 Å². The number of aromatic nitrogens is 1. The van der Waals surface area contributed by atoms with Gasteiger partial charge in [-0.2, -0.15) is 11.8 Å². The molecule has 0 spiro atoms. The summed E-state index contributed by atoms with van der Waals surface area (Å²) in [5, 5.41) is 6.19. The summed E-state index contributed by atoms with van der Waals surface area (Å²) in [5.41, 5.74) is 0.777. The number of nitrogens with one attached hydrogen (secondary N) is 1. The van der Waals surface area contributed by atoms with Crippen molar-refractivity contribution in [1.82, 2.24) is 4.98 Å². The number of carbonyl (C=O) groups excluding carboxylic acids is 1. The van der Waals surface area contributed by atoms with Crippen molar-refractivity contribution >= 4 is 34.2 Å². The van der Waals surface area contributed by atoms with Crippen LogP contribution in [-0.4, -0.2) is 35.1 Å². The number of carbonyl (C=O) groups is 1. The molecule has 1 heterocycles. The number of thiazole rings is 1. The molecule has 0 bridgehead atoms. The standard InChI is InChI=1S/C14H24N2O2S2/c1-5-14(6-2,19-4)10-15-13-16-11(9-20-13)8-12(17)18-7-3/h9H,5-8,10H2,1-4H3,(H,15,16). The van der Waals surface area contributed by atoms with Gasteiger partial charge in [0.15, 0.2) is 5.13 Å². The van der Waals surface area contributed by atoms with Crippen LogP contribution in [0.15, 0.2) is 5.38 Å². The predicted molar refractivity (Wildman–Crippen MR) is 87.8 cm³/mol. The van der Waals surface area contributed by atoms with E-state index < -0.39 is 0 Å². The summed E-state index contributed by atoms with van der Waals surface area (Å²) in [4.78, 5) is 15.8. The number of anilines is 1. The van der Waals surface area contributed by atoms with E-state index in [1.807, 2.05) is 24.1 Å². The fourth-order valence-electron chi connectivity index (χ4n) is 1.93. The van der Waals surface area contributed by atoms with E-state index in [2.05, 4.69) is 30.4 Å². The summed E-state index contributed by atoms with van der Waals surface area (Å²) in [6, 6.07) is 0. The van der Waals surface area contributed by atoms with Gasteiger partial charge in [0, 0.05) is 16.7 Å². The lowest BCUT2D eigenvalue weighted by Gasteiger charge is -2.29. The number of hydrogen-bond donors (Lipinski definition) is 1. The van der Waals surface area contributed by atoms with Crippen LogP contribution in [0.3, 0.4) is 0 Å². The molecule has 0 aliphatic heterocycles. The van der Waals surface area contributed by atoms with Crippen molar-refractivity contribution in [2.24, 2.45) is 0 Å². The van der Waals surface area contributed by atoms with Gasteiger partial charge in [0.2, 0.25) is 0 Å². The highest BCUT2D eigenvalue weighted by Gasteiger charge is 2.24. The van der Waals surface area contributed by atoms with Gasteiger partial charge in [0.05, 0.1) is 18.7 Å². The summed E-state index contributed by atoms with van der Waals surface area (Å²) in [7, 11) is 0. The highest BCUT2D eigenvalue weighted by Crippen LogP contribution is 2.31. The van der Waals surface area contributed by atoms with Crippen molar-refractivity contribution in [1.29, 1.82) is 0 Å². The van der Waals surface area contributed by atoms with E-state index in [-0.39, 0.29) is 17.1 Å². The quantitative estimate of drug-likeness (QED) is 0.706. The number of thioether (sulfide) groups is 1. The monoisotopic (exact) mass is 316 g/mol. The molecule has 0 saturated heterocycles. The van der Waals surface area contributed by atoms with Gasteiger partial charge in [-0.05, 0) is 26.0 Å². The minimum atomic E-state index is -0.218. The molecule has 0 aliphatic carbocycles. The van der Waals surface area contributed by atoms with Gasteiger partial charge >= 0.3 is 5.97 Å². The fraction of sp³-hybridized carbons (Fsp3) is 0.714. The second-order valence-corrected chi connectivity index (χ2v) is 6.71. The molecule has 0 atom stereocenters. The molecule has 4 nitrogen and oxygen atoms in total. The second kappa shape index (κ2) is 8.52. The Bertz CT molecular complexity index is 409. The molecule has 0 fully saturated rings. The van der Waals surface area contributed by atoms with E-state index in [0.29, 0.717) is 6.61 Å². The van der Waals surface area contributed by atoms with Crippen molar-refractivity contribution in [3.8, 4) is 0 Å². The van der Waals surface area contributed by atoms with Crippen LogP contribution in [0.2, 0.25) is 0 Å². The largest absolute Gasteiger partial charge is 0.466 e. The van der Waals surface area contributed by atoms with Crippen LogP contribution in [0, 0.1) is 0 Å². The molecule has 114 valence electrons. The number of esters is 1. The lowest BCUT2D eigenvalue weighted by Crippen LogP contribution is -2.31. The molecule has 0 amide bonds. The van der Waals surface area contributed by atoms with Gasteiger partial charge in [-0.25, -0.2) is 4.98 Å². The van der Waals surface area contributed by atoms with Crippen LogP contribution in [0.1, 0.15) is 39.3 Å². The van der Waals surface area contributed by atoms with E-state index in [4.69, 9.17) is 4.74 Å². The van der Waals surface area contributed by atoms with Crippen LogP contribution in [0.5, 0.6) is 0 Å². The average molecular weight is 316 g/mol. The zero-order valence-corrected chi connectivity index (χ0v) is 14.3. The zero-order chi connectivity index (χ0) is 15.0. The van der Waals surface area contributed by atoms with Crippen molar-refractivity contribution < 1.29 is 9.53 Å². The molecule has 1 aromatic heterocycles. The maximum atomic E-state index is 11.4. The van der Waals surface area contributed by atoms with E-state index in [1.165, 1.54) is 0 Å². The molecule has 0 aliphatic rings. The van der Waals surface area contributed by atoms with Gasteiger partial charge in [-0.1, -0.05) is 13.8 Å². The SMILES string of the molecule is CCOC(=O)Cc1csc(NCC(CC)(CC)SC)n1. The predicted octanol–water partition coefficient (Wildman–Crippen LogP) is 3.58. The molecule has 0 saturated carbocycles. The first-order valence-electron chi connectivity index (χ1n) is 6.98. The summed E-state index contributed by atoms with van der Waals surface area (Å²) in [5.74, 6) is -0.218. The minimum absolute atomic E-state index is 0.218. The molecule has 0 unspecified atom stereocenters. The third-order valence-corrected chi connectivity index (χ3v) is 5.90. The second-order valence-electron chi connectivity index (χ2n) is 4.57. The molecule has 0 radical (unpaired) electrons. The lowest BCUT2D eigenvalue weighted by molar-refractivity contribution is -0.142. The Kier molecular flexibility index (Phi) is 7.37. The Morgan fingerprint density at radius 2 is 2.15 bits per heavy atom. The number of rotatable bonds is 9. The minimum Gasteiger partial charge on any atom is -0.466 e. The van der Waals surface area contributed by atoms with Gasteiger partial charge in [-0.15, -0.1) is 11.3 Å². The molecule has 0 aromatic carbocycles. The van der Waals surface area contributed by atoms with E-state index >= 15 is 0 Å². The van der Waals surface area contributed by atoms with Crippen LogP contribution < -0.4 is 5.32 Å². The van der Waals surface area contributed by atoms with Crippen LogP contribution >= 0.6 is 23.1 Å². The maximum Gasteiger partial charge on any atom is 0.311 e. The molecule has 1 rings (SSSR count). The first kappa shape index (κ1) is 17.3. The van der Waals surface area contributed by atoms with E-state index in [0.717, 1.165) is 30.2 Å². The van der Waals surface area contributed by atoms with E-state index in [1.54, 1.807) is 11.3 Å². The van der Waals surface area contributed by atoms with Crippen molar-refractivity contribution in [2.45, 2.75) is 44.8 Å². The van der Waals surface area contributed by atoms with E-state index in [9.17, 15) is 4.79 Å². The number of hydrogen-bond acceptors (Lipinski definition) is 6. The first-order chi connectivity index (χ1) is 9.59. The average Bonchev–Trinajstić information content (AvgIpc) is 2.89. The Morgan fingerprint density at radius 3 is 2.70 bits per heavy atom. The molecule has 1 N–H and O–H groups in total. The number of nitrogens with zero attached hydrogens (tertiary/aromatic N) is 1. The fourth-order valence-corrected chi connectivity index (χ4v) is 3.43. The maximum absolute atomic E-state index is 11.4. The van der Waals surface area contributed by atoms with Gasteiger partial charge < -0.3 is 10.1 Å². The highest BCUT2D eigenvalue weighted by atomic mass is 32.2.